The molecule has 0 atom stereocenters. The monoisotopic (exact) mass is 264 g/mol. The van der Waals surface area contributed by atoms with Crippen molar-refractivity contribution in [3.63, 3.8) is 0 Å². The Hall–Kier alpha value is -1.42. The van der Waals surface area contributed by atoms with Gasteiger partial charge in [0.1, 0.15) is 5.82 Å². The van der Waals surface area contributed by atoms with Crippen LogP contribution in [-0.4, -0.2) is 4.98 Å². The molecule has 0 fully saturated rings. The van der Waals surface area contributed by atoms with Crippen LogP contribution >= 0.6 is 11.3 Å². The normalized spacial score (nSPS) is 11.2. The van der Waals surface area contributed by atoms with Crippen molar-refractivity contribution in [2.75, 3.05) is 5.73 Å². The Kier molecular flexibility index (Phi) is 3.66. The third kappa shape index (κ3) is 2.70. The number of halogens is 1. The van der Waals surface area contributed by atoms with Crippen LogP contribution in [0.1, 0.15) is 41.5 Å². The van der Waals surface area contributed by atoms with Crippen molar-refractivity contribution in [1.29, 1.82) is 0 Å². The molecular formula is C14H17FN2S. The first-order chi connectivity index (χ1) is 8.47. The van der Waals surface area contributed by atoms with Gasteiger partial charge in [0.15, 0.2) is 5.13 Å². The minimum absolute atomic E-state index is 0.195. The van der Waals surface area contributed by atoms with Crippen LogP contribution in [0.4, 0.5) is 9.52 Å². The molecule has 1 aromatic heterocycles. The van der Waals surface area contributed by atoms with Gasteiger partial charge in [0.05, 0.1) is 5.69 Å². The third-order valence-corrected chi connectivity index (χ3v) is 3.85. The molecular weight excluding hydrogens is 247 g/mol. The quantitative estimate of drug-likeness (QED) is 0.913. The molecule has 4 heteroatoms. The maximum absolute atomic E-state index is 13.3. The van der Waals surface area contributed by atoms with Crippen molar-refractivity contribution in [1.82, 2.24) is 4.98 Å². The van der Waals surface area contributed by atoms with E-state index in [2.05, 4.69) is 18.8 Å². The molecule has 0 aliphatic carbocycles. The highest BCUT2D eigenvalue weighted by atomic mass is 32.1. The van der Waals surface area contributed by atoms with E-state index in [1.165, 1.54) is 17.4 Å². The fourth-order valence-corrected chi connectivity index (χ4v) is 2.97. The maximum Gasteiger partial charge on any atom is 0.180 e. The molecule has 2 aromatic rings. The fourth-order valence-electron chi connectivity index (χ4n) is 1.96. The Balaban J connectivity index is 2.36. The second-order valence-electron chi connectivity index (χ2n) is 4.76. The summed E-state index contributed by atoms with van der Waals surface area (Å²) in [5.74, 6) is 0.140. The number of nitrogens with two attached hydrogens (primary N) is 1. The first-order valence-electron chi connectivity index (χ1n) is 5.97. The summed E-state index contributed by atoms with van der Waals surface area (Å²) in [6.45, 7) is 6.18. The zero-order valence-corrected chi connectivity index (χ0v) is 11.6. The molecule has 0 aliphatic heterocycles. The van der Waals surface area contributed by atoms with E-state index in [1.54, 1.807) is 6.07 Å². The van der Waals surface area contributed by atoms with E-state index in [1.807, 2.05) is 13.0 Å². The largest absolute Gasteiger partial charge is 0.375 e. The summed E-state index contributed by atoms with van der Waals surface area (Å²) in [5.41, 5.74) is 8.90. The lowest BCUT2D eigenvalue weighted by Crippen LogP contribution is -1.97. The van der Waals surface area contributed by atoms with Crippen molar-refractivity contribution in [2.24, 2.45) is 0 Å². The van der Waals surface area contributed by atoms with Crippen LogP contribution in [0, 0.1) is 12.7 Å². The third-order valence-electron chi connectivity index (χ3n) is 2.95. The van der Waals surface area contributed by atoms with Gasteiger partial charge in [-0.2, -0.15) is 0 Å². The topological polar surface area (TPSA) is 38.9 Å². The summed E-state index contributed by atoms with van der Waals surface area (Å²) < 4.78 is 13.3. The zero-order valence-electron chi connectivity index (χ0n) is 10.8. The number of thiazole rings is 1. The smallest absolute Gasteiger partial charge is 0.180 e. The van der Waals surface area contributed by atoms with Gasteiger partial charge in [-0.05, 0) is 36.1 Å². The molecule has 0 radical (unpaired) electrons. The average molecular weight is 264 g/mol. The maximum atomic E-state index is 13.3. The Morgan fingerprint density at radius 3 is 2.78 bits per heavy atom. The molecule has 0 bridgehead atoms. The summed E-state index contributed by atoms with van der Waals surface area (Å²) in [7, 11) is 0. The Morgan fingerprint density at radius 1 is 1.39 bits per heavy atom. The average Bonchev–Trinajstić information content (AvgIpc) is 2.65. The van der Waals surface area contributed by atoms with Gasteiger partial charge in [-0.1, -0.05) is 19.9 Å². The number of benzene rings is 1. The molecule has 0 amide bonds. The number of hydrogen-bond acceptors (Lipinski definition) is 3. The molecule has 0 unspecified atom stereocenters. The Morgan fingerprint density at radius 2 is 2.11 bits per heavy atom. The number of rotatable bonds is 3. The molecule has 2 rings (SSSR count). The molecule has 1 heterocycles. The second kappa shape index (κ2) is 5.06. The van der Waals surface area contributed by atoms with Gasteiger partial charge in [-0.15, -0.1) is 11.3 Å². The van der Waals surface area contributed by atoms with Crippen molar-refractivity contribution in [3.8, 4) is 0 Å². The molecule has 2 nitrogen and oxygen atoms in total. The van der Waals surface area contributed by atoms with E-state index in [9.17, 15) is 4.39 Å². The van der Waals surface area contributed by atoms with Gasteiger partial charge in [0, 0.05) is 11.3 Å². The molecule has 96 valence electrons. The van der Waals surface area contributed by atoms with Crippen molar-refractivity contribution < 1.29 is 4.39 Å². The number of aromatic nitrogens is 1. The van der Waals surface area contributed by atoms with E-state index in [4.69, 9.17) is 5.73 Å². The van der Waals surface area contributed by atoms with Gasteiger partial charge in [-0.3, -0.25) is 0 Å². The predicted octanol–water partition coefficient (Wildman–Crippen LogP) is 3.89. The second-order valence-corrected chi connectivity index (χ2v) is 5.88. The van der Waals surface area contributed by atoms with Crippen molar-refractivity contribution >= 4 is 16.5 Å². The molecule has 0 spiro atoms. The highest BCUT2D eigenvalue weighted by Crippen LogP contribution is 2.29. The molecule has 0 aliphatic rings. The number of aryl methyl sites for hydroxylation is 1. The van der Waals surface area contributed by atoms with E-state index in [0.717, 1.165) is 21.7 Å². The van der Waals surface area contributed by atoms with E-state index >= 15 is 0 Å². The molecule has 2 N–H and O–H groups in total. The van der Waals surface area contributed by atoms with Gasteiger partial charge < -0.3 is 5.73 Å². The highest BCUT2D eigenvalue weighted by Gasteiger charge is 2.14. The number of anilines is 1. The van der Waals surface area contributed by atoms with Crippen molar-refractivity contribution in [2.45, 2.75) is 33.1 Å². The lowest BCUT2D eigenvalue weighted by Gasteiger charge is -2.08. The van der Waals surface area contributed by atoms with Gasteiger partial charge in [-0.25, -0.2) is 9.37 Å². The zero-order chi connectivity index (χ0) is 13.3. The molecule has 0 saturated heterocycles. The summed E-state index contributed by atoms with van der Waals surface area (Å²) in [5, 5.41) is 0.586. The van der Waals surface area contributed by atoms with Crippen LogP contribution < -0.4 is 5.73 Å². The number of nitrogen functional groups attached to an aromatic ring is 1. The molecule has 1 aromatic carbocycles. The Labute approximate surface area is 111 Å². The van der Waals surface area contributed by atoms with Gasteiger partial charge >= 0.3 is 0 Å². The first-order valence-corrected chi connectivity index (χ1v) is 6.79. The predicted molar refractivity (Wildman–Crippen MR) is 74.6 cm³/mol. The number of nitrogens with zero attached hydrogens (tertiary/aromatic N) is 1. The van der Waals surface area contributed by atoms with Gasteiger partial charge in [0.25, 0.3) is 0 Å². The van der Waals surface area contributed by atoms with Crippen LogP contribution in [0.3, 0.4) is 0 Å². The van der Waals surface area contributed by atoms with Crippen LogP contribution in [-0.2, 0) is 6.42 Å². The molecule has 18 heavy (non-hydrogen) atoms. The Bertz CT molecular complexity index is 561. The van der Waals surface area contributed by atoms with E-state index in [0.29, 0.717) is 17.5 Å². The lowest BCUT2D eigenvalue weighted by molar-refractivity contribution is 0.625. The summed E-state index contributed by atoms with van der Waals surface area (Å²) in [6.07, 6.45) is 0.700. The number of hydrogen-bond donors (Lipinski definition) is 1. The van der Waals surface area contributed by atoms with Crippen LogP contribution in [0.5, 0.6) is 0 Å². The SMILES string of the molecule is Cc1ccc(F)cc1Cc1sc(N)nc1C(C)C. The van der Waals surface area contributed by atoms with Crippen LogP contribution in [0.25, 0.3) is 0 Å². The van der Waals surface area contributed by atoms with Crippen molar-refractivity contribution in [3.05, 3.63) is 45.7 Å². The van der Waals surface area contributed by atoms with Crippen LogP contribution in [0.15, 0.2) is 18.2 Å². The highest BCUT2D eigenvalue weighted by molar-refractivity contribution is 7.15. The minimum atomic E-state index is -0.195. The first kappa shape index (κ1) is 13.0. The van der Waals surface area contributed by atoms with E-state index in [-0.39, 0.29) is 5.82 Å². The lowest BCUT2D eigenvalue weighted by atomic mass is 10.0. The van der Waals surface area contributed by atoms with Crippen LogP contribution in [0.2, 0.25) is 0 Å². The fraction of sp³-hybridized carbons (Fsp3) is 0.357. The summed E-state index contributed by atoms with van der Waals surface area (Å²) in [4.78, 5) is 5.50. The minimum Gasteiger partial charge on any atom is -0.375 e. The summed E-state index contributed by atoms with van der Waals surface area (Å²) in [6, 6.07) is 4.89. The summed E-state index contributed by atoms with van der Waals surface area (Å²) >= 11 is 1.50. The van der Waals surface area contributed by atoms with Gasteiger partial charge in [0.2, 0.25) is 0 Å². The van der Waals surface area contributed by atoms with E-state index < -0.39 is 0 Å². The molecule has 0 saturated carbocycles. The standard InChI is InChI=1S/C14H17FN2S/c1-8(2)13-12(18-14(16)17-13)7-10-6-11(15)5-4-9(10)3/h4-6,8H,7H2,1-3H3,(H2,16,17).